The standard InChI is InChI=1S/C12H15ClN2O4S/c13-11-2-1-9(20(14,17)18)7-10(11)12(16)15-8-3-5-19-6-4-8/h1-2,7-8H,3-6H2,(H,15,16)(H2,14,17,18). The summed E-state index contributed by atoms with van der Waals surface area (Å²) >= 11 is 5.94. The van der Waals surface area contributed by atoms with Crippen LogP contribution in [0.1, 0.15) is 23.2 Å². The average molecular weight is 319 g/mol. The molecule has 1 aromatic rings. The summed E-state index contributed by atoms with van der Waals surface area (Å²) in [6, 6.07) is 3.81. The molecule has 0 aliphatic carbocycles. The van der Waals surface area contributed by atoms with Gasteiger partial charge in [0.2, 0.25) is 10.0 Å². The highest BCUT2D eigenvalue weighted by atomic mass is 35.5. The highest BCUT2D eigenvalue weighted by Gasteiger charge is 2.20. The number of halogens is 1. The molecule has 1 aliphatic heterocycles. The Morgan fingerprint density at radius 3 is 2.60 bits per heavy atom. The Labute approximate surface area is 122 Å². The van der Waals surface area contributed by atoms with E-state index >= 15 is 0 Å². The van der Waals surface area contributed by atoms with Gasteiger partial charge in [-0.25, -0.2) is 13.6 Å². The number of ether oxygens (including phenoxy) is 1. The lowest BCUT2D eigenvalue weighted by atomic mass is 10.1. The van der Waals surface area contributed by atoms with Gasteiger partial charge in [0.15, 0.2) is 0 Å². The second-order valence-electron chi connectivity index (χ2n) is 4.55. The number of carbonyl (C=O) groups excluding carboxylic acids is 1. The van der Waals surface area contributed by atoms with Crippen LogP contribution in [0.15, 0.2) is 23.1 Å². The van der Waals surface area contributed by atoms with Crippen molar-refractivity contribution in [2.45, 2.75) is 23.8 Å². The average Bonchev–Trinajstić information content (AvgIpc) is 2.39. The highest BCUT2D eigenvalue weighted by Crippen LogP contribution is 2.20. The van der Waals surface area contributed by atoms with Crippen molar-refractivity contribution < 1.29 is 17.9 Å². The summed E-state index contributed by atoms with van der Waals surface area (Å²) < 4.78 is 27.8. The molecular formula is C12H15ClN2O4S. The number of primary sulfonamides is 1. The smallest absolute Gasteiger partial charge is 0.253 e. The Balaban J connectivity index is 2.20. The van der Waals surface area contributed by atoms with Gasteiger partial charge in [-0.2, -0.15) is 0 Å². The first-order valence-electron chi connectivity index (χ1n) is 6.09. The first-order valence-corrected chi connectivity index (χ1v) is 8.01. The van der Waals surface area contributed by atoms with Crippen LogP contribution in [0.25, 0.3) is 0 Å². The van der Waals surface area contributed by atoms with Crippen LogP contribution in [-0.2, 0) is 14.8 Å². The maximum atomic E-state index is 12.1. The van der Waals surface area contributed by atoms with Gasteiger partial charge in [-0.1, -0.05) is 11.6 Å². The first kappa shape index (κ1) is 15.2. The molecule has 1 aliphatic rings. The fourth-order valence-corrected chi connectivity index (χ4v) is 2.70. The number of hydrogen-bond donors (Lipinski definition) is 2. The highest BCUT2D eigenvalue weighted by molar-refractivity contribution is 7.89. The van der Waals surface area contributed by atoms with Crippen LogP contribution in [0.3, 0.4) is 0 Å². The zero-order valence-corrected chi connectivity index (χ0v) is 12.2. The number of amides is 1. The molecule has 1 amide bonds. The summed E-state index contributed by atoms with van der Waals surface area (Å²) in [5.74, 6) is -0.410. The number of sulfonamides is 1. The summed E-state index contributed by atoms with van der Waals surface area (Å²) in [6.45, 7) is 1.19. The normalized spacial score (nSPS) is 16.9. The minimum absolute atomic E-state index is 0.00505. The molecule has 8 heteroatoms. The Morgan fingerprint density at radius 1 is 1.35 bits per heavy atom. The van der Waals surface area contributed by atoms with Crippen LogP contribution in [0.2, 0.25) is 5.02 Å². The molecule has 0 atom stereocenters. The predicted molar refractivity (Wildman–Crippen MR) is 74.1 cm³/mol. The van der Waals surface area contributed by atoms with Crippen molar-refractivity contribution in [1.82, 2.24) is 5.32 Å². The van der Waals surface area contributed by atoms with E-state index in [0.29, 0.717) is 13.2 Å². The molecule has 6 nitrogen and oxygen atoms in total. The topological polar surface area (TPSA) is 98.5 Å². The van der Waals surface area contributed by atoms with E-state index in [9.17, 15) is 13.2 Å². The van der Waals surface area contributed by atoms with E-state index in [1.807, 2.05) is 0 Å². The summed E-state index contributed by atoms with van der Waals surface area (Å²) in [7, 11) is -3.87. The zero-order chi connectivity index (χ0) is 14.8. The Hall–Kier alpha value is -1.15. The summed E-state index contributed by atoms with van der Waals surface area (Å²) in [4.78, 5) is 12.0. The maximum Gasteiger partial charge on any atom is 0.253 e. The molecule has 1 aromatic carbocycles. The van der Waals surface area contributed by atoms with E-state index < -0.39 is 15.9 Å². The number of carbonyl (C=O) groups is 1. The molecule has 3 N–H and O–H groups in total. The van der Waals surface area contributed by atoms with Gasteiger partial charge in [-0.3, -0.25) is 4.79 Å². The van der Waals surface area contributed by atoms with Gasteiger partial charge in [-0.05, 0) is 31.0 Å². The van der Waals surface area contributed by atoms with Gasteiger partial charge in [0.1, 0.15) is 0 Å². The zero-order valence-electron chi connectivity index (χ0n) is 10.6. The minimum Gasteiger partial charge on any atom is -0.381 e. The van der Waals surface area contributed by atoms with Crippen LogP contribution >= 0.6 is 11.6 Å². The van der Waals surface area contributed by atoms with E-state index in [2.05, 4.69) is 5.32 Å². The van der Waals surface area contributed by atoms with Gasteiger partial charge >= 0.3 is 0 Å². The Kier molecular flexibility index (Phi) is 4.64. The lowest BCUT2D eigenvalue weighted by molar-refractivity contribution is 0.0696. The van der Waals surface area contributed by atoms with Crippen molar-refractivity contribution in [3.05, 3.63) is 28.8 Å². The molecule has 0 aromatic heterocycles. The van der Waals surface area contributed by atoms with Crippen LogP contribution in [-0.4, -0.2) is 33.6 Å². The molecule has 1 heterocycles. The monoisotopic (exact) mass is 318 g/mol. The molecule has 0 unspecified atom stereocenters. The third-order valence-corrected chi connectivity index (χ3v) is 4.31. The van der Waals surface area contributed by atoms with E-state index in [0.717, 1.165) is 12.8 Å². The third kappa shape index (κ3) is 3.69. The van der Waals surface area contributed by atoms with E-state index in [1.54, 1.807) is 0 Å². The molecule has 110 valence electrons. The van der Waals surface area contributed by atoms with Crippen molar-refractivity contribution in [3.8, 4) is 0 Å². The quantitative estimate of drug-likeness (QED) is 0.865. The van der Waals surface area contributed by atoms with Gasteiger partial charge in [0, 0.05) is 19.3 Å². The number of nitrogens with one attached hydrogen (secondary N) is 1. The van der Waals surface area contributed by atoms with E-state index in [-0.39, 0.29) is 21.5 Å². The Morgan fingerprint density at radius 2 is 2.00 bits per heavy atom. The Bertz CT molecular complexity index is 612. The van der Waals surface area contributed by atoms with E-state index in [1.165, 1.54) is 18.2 Å². The SMILES string of the molecule is NS(=O)(=O)c1ccc(Cl)c(C(=O)NC2CCOCC2)c1. The summed E-state index contributed by atoms with van der Waals surface area (Å²) in [5.41, 5.74) is 0.102. The van der Waals surface area contributed by atoms with Crippen LogP contribution in [0.5, 0.6) is 0 Å². The lowest BCUT2D eigenvalue weighted by Gasteiger charge is -2.23. The molecule has 20 heavy (non-hydrogen) atoms. The van der Waals surface area contributed by atoms with Crippen molar-refractivity contribution in [3.63, 3.8) is 0 Å². The first-order chi connectivity index (χ1) is 9.38. The fourth-order valence-electron chi connectivity index (χ4n) is 1.96. The van der Waals surface area contributed by atoms with E-state index in [4.69, 9.17) is 21.5 Å². The molecule has 0 bridgehead atoms. The summed E-state index contributed by atoms with van der Waals surface area (Å²) in [5, 5.41) is 8.04. The number of rotatable bonds is 3. The molecular weight excluding hydrogens is 304 g/mol. The van der Waals surface area contributed by atoms with Crippen LogP contribution in [0.4, 0.5) is 0 Å². The molecule has 2 rings (SSSR count). The van der Waals surface area contributed by atoms with Crippen LogP contribution < -0.4 is 10.5 Å². The van der Waals surface area contributed by atoms with Crippen molar-refractivity contribution in [2.75, 3.05) is 13.2 Å². The molecule has 1 fully saturated rings. The molecule has 1 saturated heterocycles. The predicted octanol–water partition coefficient (Wildman–Crippen LogP) is 0.896. The third-order valence-electron chi connectivity index (χ3n) is 3.07. The van der Waals surface area contributed by atoms with Crippen molar-refractivity contribution >= 4 is 27.5 Å². The maximum absolute atomic E-state index is 12.1. The largest absolute Gasteiger partial charge is 0.381 e. The molecule has 0 saturated carbocycles. The minimum atomic E-state index is -3.87. The van der Waals surface area contributed by atoms with Gasteiger partial charge in [0.05, 0.1) is 15.5 Å². The lowest BCUT2D eigenvalue weighted by Crippen LogP contribution is -2.39. The summed E-state index contributed by atoms with van der Waals surface area (Å²) in [6.07, 6.45) is 1.44. The van der Waals surface area contributed by atoms with Gasteiger partial charge in [0.25, 0.3) is 5.91 Å². The number of benzene rings is 1. The fraction of sp³-hybridized carbons (Fsp3) is 0.417. The van der Waals surface area contributed by atoms with Gasteiger partial charge < -0.3 is 10.1 Å². The van der Waals surface area contributed by atoms with Gasteiger partial charge in [-0.15, -0.1) is 0 Å². The molecule has 0 spiro atoms. The second kappa shape index (κ2) is 6.09. The van der Waals surface area contributed by atoms with Crippen molar-refractivity contribution in [2.24, 2.45) is 5.14 Å². The second-order valence-corrected chi connectivity index (χ2v) is 6.52. The van der Waals surface area contributed by atoms with Crippen molar-refractivity contribution in [1.29, 1.82) is 0 Å². The van der Waals surface area contributed by atoms with Crippen LogP contribution in [0, 0.1) is 0 Å². The number of nitrogens with two attached hydrogens (primary N) is 1. The number of hydrogen-bond acceptors (Lipinski definition) is 4. The molecule has 0 radical (unpaired) electrons.